The second kappa shape index (κ2) is 10.5. The van der Waals surface area contributed by atoms with Crippen molar-refractivity contribution in [3.63, 3.8) is 0 Å². The normalized spacial score (nSPS) is 10.7. The van der Waals surface area contributed by atoms with E-state index in [-0.39, 0.29) is 23.3 Å². The molecule has 1 aromatic carbocycles. The van der Waals surface area contributed by atoms with Crippen LogP contribution in [0.4, 0.5) is 0 Å². The summed E-state index contributed by atoms with van der Waals surface area (Å²) >= 11 is 0. The predicted octanol–water partition coefficient (Wildman–Crippen LogP) is 4.24. The second-order valence-corrected chi connectivity index (χ2v) is 6.46. The lowest BCUT2D eigenvalue weighted by Gasteiger charge is -2.08. The molecule has 25 heavy (non-hydrogen) atoms. The van der Waals surface area contributed by atoms with Gasteiger partial charge in [-0.25, -0.2) is 14.4 Å². The average molecular weight is 350 g/mol. The topological polar surface area (TPSA) is 101 Å². The average Bonchev–Trinajstić information content (AvgIpc) is 2.55. The standard InChI is InChI=1S/C19H26O6/c1-13(2)8-6-4-3-5-7-11-25-19(24)16-12-14(17(20)21)9-10-15(16)18(22)23/h9-10,12-13H,3-8,11H2,1-2H3,(H,20,21)(H,22,23). The molecule has 0 fully saturated rings. The highest BCUT2D eigenvalue weighted by atomic mass is 16.5. The highest BCUT2D eigenvalue weighted by Crippen LogP contribution is 2.15. The van der Waals surface area contributed by atoms with Crippen LogP contribution in [0, 0.1) is 5.92 Å². The van der Waals surface area contributed by atoms with E-state index in [2.05, 4.69) is 13.8 Å². The molecule has 0 spiro atoms. The van der Waals surface area contributed by atoms with Crippen molar-refractivity contribution in [3.05, 3.63) is 34.9 Å². The third-order valence-electron chi connectivity index (χ3n) is 3.88. The van der Waals surface area contributed by atoms with E-state index in [0.717, 1.165) is 37.5 Å². The van der Waals surface area contributed by atoms with E-state index in [1.54, 1.807) is 0 Å². The van der Waals surface area contributed by atoms with Gasteiger partial charge in [0.1, 0.15) is 0 Å². The van der Waals surface area contributed by atoms with Crippen LogP contribution in [0.3, 0.4) is 0 Å². The number of carbonyl (C=O) groups is 3. The molecule has 1 rings (SSSR count). The number of carboxylic acids is 2. The van der Waals surface area contributed by atoms with E-state index in [1.165, 1.54) is 12.8 Å². The number of benzene rings is 1. The molecule has 0 amide bonds. The predicted molar refractivity (Wildman–Crippen MR) is 93.2 cm³/mol. The lowest BCUT2D eigenvalue weighted by atomic mass is 10.0. The third-order valence-corrected chi connectivity index (χ3v) is 3.88. The van der Waals surface area contributed by atoms with Crippen LogP contribution in [0.15, 0.2) is 18.2 Å². The van der Waals surface area contributed by atoms with Crippen molar-refractivity contribution in [2.45, 2.75) is 52.4 Å². The zero-order valence-electron chi connectivity index (χ0n) is 14.8. The summed E-state index contributed by atoms with van der Waals surface area (Å²) in [4.78, 5) is 34.2. The summed E-state index contributed by atoms with van der Waals surface area (Å²) in [6.07, 6.45) is 6.27. The fourth-order valence-corrected chi connectivity index (χ4v) is 2.46. The van der Waals surface area contributed by atoms with Gasteiger partial charge in [0, 0.05) is 0 Å². The van der Waals surface area contributed by atoms with Crippen molar-refractivity contribution in [2.24, 2.45) is 5.92 Å². The van der Waals surface area contributed by atoms with E-state index >= 15 is 0 Å². The maximum atomic E-state index is 12.1. The van der Waals surface area contributed by atoms with Crippen LogP contribution in [-0.2, 0) is 4.74 Å². The number of unbranched alkanes of at least 4 members (excludes halogenated alkanes) is 4. The summed E-state index contributed by atoms with van der Waals surface area (Å²) in [5, 5.41) is 18.1. The van der Waals surface area contributed by atoms with Gasteiger partial charge in [-0.05, 0) is 30.5 Å². The largest absolute Gasteiger partial charge is 0.478 e. The number of ether oxygens (including phenoxy) is 1. The zero-order chi connectivity index (χ0) is 18.8. The summed E-state index contributed by atoms with van der Waals surface area (Å²) in [7, 11) is 0. The number of carbonyl (C=O) groups excluding carboxylic acids is 1. The first-order valence-electron chi connectivity index (χ1n) is 8.60. The van der Waals surface area contributed by atoms with Gasteiger partial charge in [-0.15, -0.1) is 0 Å². The van der Waals surface area contributed by atoms with Gasteiger partial charge in [0.05, 0.1) is 23.3 Å². The van der Waals surface area contributed by atoms with Gasteiger partial charge >= 0.3 is 17.9 Å². The number of hydrogen-bond donors (Lipinski definition) is 2. The number of esters is 1. The van der Waals surface area contributed by atoms with Gasteiger partial charge in [0.25, 0.3) is 0 Å². The Morgan fingerprint density at radius 2 is 1.56 bits per heavy atom. The Morgan fingerprint density at radius 1 is 0.920 bits per heavy atom. The van der Waals surface area contributed by atoms with Gasteiger partial charge in [0.15, 0.2) is 0 Å². The molecule has 0 aliphatic rings. The molecule has 0 radical (unpaired) electrons. The van der Waals surface area contributed by atoms with E-state index in [4.69, 9.17) is 14.9 Å². The van der Waals surface area contributed by atoms with Crippen LogP contribution in [0.25, 0.3) is 0 Å². The first kappa shape index (κ1) is 20.7. The molecule has 0 atom stereocenters. The first-order valence-corrected chi connectivity index (χ1v) is 8.60. The van der Waals surface area contributed by atoms with Crippen LogP contribution in [0.5, 0.6) is 0 Å². The molecule has 2 N–H and O–H groups in total. The Labute approximate surface area is 147 Å². The van der Waals surface area contributed by atoms with Crippen molar-refractivity contribution in [2.75, 3.05) is 6.61 Å². The zero-order valence-corrected chi connectivity index (χ0v) is 14.8. The van der Waals surface area contributed by atoms with Gasteiger partial charge in [-0.3, -0.25) is 0 Å². The Morgan fingerprint density at radius 3 is 2.16 bits per heavy atom. The molecule has 0 aliphatic heterocycles. The number of aromatic carboxylic acids is 2. The van der Waals surface area contributed by atoms with Crippen LogP contribution in [0.1, 0.15) is 83.4 Å². The van der Waals surface area contributed by atoms with Gasteiger partial charge < -0.3 is 14.9 Å². The minimum atomic E-state index is -1.30. The molecule has 0 aliphatic carbocycles. The van der Waals surface area contributed by atoms with Crippen LogP contribution < -0.4 is 0 Å². The van der Waals surface area contributed by atoms with Crippen molar-refractivity contribution in [1.29, 1.82) is 0 Å². The summed E-state index contributed by atoms with van der Waals surface area (Å²) < 4.78 is 5.10. The molecule has 1 aromatic rings. The SMILES string of the molecule is CC(C)CCCCCCCOC(=O)c1cc(C(=O)O)ccc1C(=O)O. The number of rotatable bonds is 11. The molecule has 6 nitrogen and oxygen atoms in total. The Balaban J connectivity index is 2.47. The summed E-state index contributed by atoms with van der Waals surface area (Å²) in [6.45, 7) is 4.59. The van der Waals surface area contributed by atoms with Crippen molar-refractivity contribution < 1.29 is 29.3 Å². The van der Waals surface area contributed by atoms with E-state index < -0.39 is 17.9 Å². The molecule has 0 unspecified atom stereocenters. The molecule has 0 saturated heterocycles. The van der Waals surface area contributed by atoms with Crippen molar-refractivity contribution in [1.82, 2.24) is 0 Å². The summed E-state index contributed by atoms with van der Waals surface area (Å²) in [5.41, 5.74) is -0.643. The highest BCUT2D eigenvalue weighted by molar-refractivity contribution is 6.04. The Bertz CT molecular complexity index is 606. The minimum absolute atomic E-state index is 0.151. The molecule has 0 bridgehead atoms. The summed E-state index contributed by atoms with van der Waals surface area (Å²) in [6, 6.07) is 3.30. The quantitative estimate of drug-likeness (QED) is 0.457. The van der Waals surface area contributed by atoms with Gasteiger partial charge in [0.2, 0.25) is 0 Å². The molecule has 0 heterocycles. The summed E-state index contributed by atoms with van der Waals surface area (Å²) in [5.74, 6) is -2.62. The monoisotopic (exact) mass is 350 g/mol. The molecule has 6 heteroatoms. The van der Waals surface area contributed by atoms with Crippen LogP contribution in [0.2, 0.25) is 0 Å². The smallest absolute Gasteiger partial charge is 0.339 e. The maximum Gasteiger partial charge on any atom is 0.339 e. The number of hydrogen-bond acceptors (Lipinski definition) is 4. The van der Waals surface area contributed by atoms with Gasteiger partial charge in [-0.2, -0.15) is 0 Å². The van der Waals surface area contributed by atoms with E-state index in [1.807, 2.05) is 0 Å². The Hall–Kier alpha value is -2.37. The van der Waals surface area contributed by atoms with E-state index in [9.17, 15) is 14.4 Å². The first-order chi connectivity index (χ1) is 11.8. The lowest BCUT2D eigenvalue weighted by Crippen LogP contribution is -2.14. The van der Waals surface area contributed by atoms with Crippen LogP contribution in [-0.4, -0.2) is 34.7 Å². The highest BCUT2D eigenvalue weighted by Gasteiger charge is 2.20. The number of carboxylic acid groups (broad SMARTS) is 2. The molecule has 138 valence electrons. The molecule has 0 aromatic heterocycles. The second-order valence-electron chi connectivity index (χ2n) is 6.46. The molecule has 0 saturated carbocycles. The molecular formula is C19H26O6. The van der Waals surface area contributed by atoms with Crippen molar-refractivity contribution in [3.8, 4) is 0 Å². The fourth-order valence-electron chi connectivity index (χ4n) is 2.46. The maximum absolute atomic E-state index is 12.1. The van der Waals surface area contributed by atoms with Crippen molar-refractivity contribution >= 4 is 17.9 Å². The lowest BCUT2D eigenvalue weighted by molar-refractivity contribution is 0.0487. The Kier molecular flexibility index (Phi) is 8.67. The van der Waals surface area contributed by atoms with Gasteiger partial charge in [-0.1, -0.05) is 46.0 Å². The minimum Gasteiger partial charge on any atom is -0.478 e. The third kappa shape index (κ3) is 7.37. The molecular weight excluding hydrogens is 324 g/mol. The van der Waals surface area contributed by atoms with Crippen LogP contribution >= 0.6 is 0 Å². The van der Waals surface area contributed by atoms with E-state index in [0.29, 0.717) is 12.3 Å². The fraction of sp³-hybridized carbons (Fsp3) is 0.526.